The van der Waals surface area contributed by atoms with Crippen molar-refractivity contribution in [3.05, 3.63) is 139 Å². The van der Waals surface area contributed by atoms with E-state index in [0.717, 1.165) is 56.1 Å². The minimum atomic E-state index is 0.0618. The van der Waals surface area contributed by atoms with Crippen LogP contribution in [-0.4, -0.2) is 5.78 Å². The monoisotopic (exact) mass is 519 g/mol. The molecule has 2 aliphatic rings. The van der Waals surface area contributed by atoms with Crippen LogP contribution >= 0.6 is 11.8 Å². The van der Waals surface area contributed by atoms with Gasteiger partial charge in [0.2, 0.25) is 0 Å². The van der Waals surface area contributed by atoms with E-state index in [1.165, 1.54) is 15.5 Å². The molecule has 0 saturated heterocycles. The van der Waals surface area contributed by atoms with E-state index in [1.54, 1.807) is 18.0 Å². The van der Waals surface area contributed by atoms with E-state index in [1.807, 2.05) is 42.5 Å². The molecule has 0 atom stereocenters. The molecule has 4 heteroatoms. The van der Waals surface area contributed by atoms with Crippen LogP contribution in [0.3, 0.4) is 0 Å². The molecule has 2 heterocycles. The van der Waals surface area contributed by atoms with Gasteiger partial charge in [-0.3, -0.25) is 4.79 Å². The Kier molecular flexibility index (Phi) is 4.91. The third-order valence-electron chi connectivity index (χ3n) is 7.50. The molecule has 3 nitrogen and oxygen atoms in total. The summed E-state index contributed by atoms with van der Waals surface area (Å²) in [5.41, 5.74) is 9.96. The number of anilines is 3. The van der Waals surface area contributed by atoms with Crippen molar-refractivity contribution < 1.29 is 9.21 Å². The number of hydrogen-bond donors (Lipinski definition) is 0. The number of furan rings is 1. The topological polar surface area (TPSA) is 33.5 Å². The molecule has 8 rings (SSSR count). The summed E-state index contributed by atoms with van der Waals surface area (Å²) >= 11 is 1.79. The predicted octanol–water partition coefficient (Wildman–Crippen LogP) is 9.76. The number of para-hydroxylation sites is 2. The van der Waals surface area contributed by atoms with E-state index >= 15 is 0 Å². The number of ketones is 1. The van der Waals surface area contributed by atoms with Gasteiger partial charge < -0.3 is 9.32 Å². The maximum Gasteiger partial charge on any atom is 0.194 e. The Morgan fingerprint density at radius 2 is 1.21 bits per heavy atom. The molecule has 1 aromatic heterocycles. The second kappa shape index (κ2) is 8.62. The van der Waals surface area contributed by atoms with Crippen LogP contribution in [0, 0.1) is 0 Å². The van der Waals surface area contributed by atoms with Gasteiger partial charge in [0.15, 0.2) is 5.78 Å². The van der Waals surface area contributed by atoms with Crippen LogP contribution in [0.25, 0.3) is 33.6 Å². The summed E-state index contributed by atoms with van der Waals surface area (Å²) in [6.45, 7) is 0. The van der Waals surface area contributed by atoms with Crippen molar-refractivity contribution in [1.29, 1.82) is 0 Å². The quantitative estimate of drug-likeness (QED) is 0.233. The Morgan fingerprint density at radius 1 is 0.538 bits per heavy atom. The van der Waals surface area contributed by atoms with Crippen LogP contribution in [-0.2, 0) is 0 Å². The van der Waals surface area contributed by atoms with Crippen LogP contribution in [0.5, 0.6) is 0 Å². The van der Waals surface area contributed by atoms with Crippen molar-refractivity contribution >= 4 is 34.6 Å². The summed E-state index contributed by atoms with van der Waals surface area (Å²) in [4.78, 5) is 18.3. The van der Waals surface area contributed by atoms with Gasteiger partial charge >= 0.3 is 0 Å². The summed E-state index contributed by atoms with van der Waals surface area (Å²) in [5, 5.41) is 0. The zero-order valence-electron chi connectivity index (χ0n) is 20.8. The highest BCUT2D eigenvalue weighted by atomic mass is 32.2. The molecule has 5 aromatic carbocycles. The number of nitrogens with zero attached hydrogens (tertiary/aromatic N) is 1. The normalized spacial score (nSPS) is 13.0. The molecule has 0 spiro atoms. The maximum atomic E-state index is 13.5. The smallest absolute Gasteiger partial charge is 0.194 e. The number of benzene rings is 5. The predicted molar refractivity (Wildman–Crippen MR) is 157 cm³/mol. The highest BCUT2D eigenvalue weighted by Crippen LogP contribution is 2.52. The van der Waals surface area contributed by atoms with Crippen molar-refractivity contribution in [1.82, 2.24) is 0 Å². The average Bonchev–Trinajstić information content (AvgIpc) is 3.63. The first-order valence-corrected chi connectivity index (χ1v) is 13.7. The third-order valence-corrected chi connectivity index (χ3v) is 8.61. The zero-order valence-corrected chi connectivity index (χ0v) is 21.6. The maximum absolute atomic E-state index is 13.5. The Labute approximate surface area is 230 Å². The number of carbonyl (C=O) groups excluding carboxylic acids is 1. The summed E-state index contributed by atoms with van der Waals surface area (Å²) in [7, 11) is 0. The number of rotatable bonds is 3. The van der Waals surface area contributed by atoms with Gasteiger partial charge in [-0.1, -0.05) is 72.4 Å². The highest BCUT2D eigenvalue weighted by Gasteiger charge is 2.29. The standard InChI is InChI=1S/C35H21NO2S/c37-35-28-19-22(12-15-26(28)27-16-13-24(20-29(27)35)32-10-6-18-38-32)23-14-17-31-34(21-23)39-33-11-5-4-9-30(33)36(31)25-7-2-1-3-8-25/h1-21H. The molecule has 0 N–H and O–H groups in total. The minimum Gasteiger partial charge on any atom is -0.464 e. The number of fused-ring (bicyclic) bond motifs is 5. The molecule has 0 bridgehead atoms. The first-order valence-electron chi connectivity index (χ1n) is 12.9. The van der Waals surface area contributed by atoms with E-state index in [4.69, 9.17) is 4.42 Å². The van der Waals surface area contributed by atoms with Gasteiger partial charge in [0.05, 0.1) is 17.6 Å². The molecule has 6 aromatic rings. The zero-order chi connectivity index (χ0) is 25.9. The lowest BCUT2D eigenvalue weighted by molar-refractivity contribution is 0.104. The minimum absolute atomic E-state index is 0.0618. The van der Waals surface area contributed by atoms with E-state index in [-0.39, 0.29) is 5.78 Å². The van der Waals surface area contributed by atoms with Gasteiger partial charge in [0.25, 0.3) is 0 Å². The van der Waals surface area contributed by atoms with Gasteiger partial charge in [0.1, 0.15) is 5.76 Å². The molecule has 0 saturated carbocycles. The Bertz CT molecular complexity index is 1910. The van der Waals surface area contributed by atoms with Gasteiger partial charge in [-0.25, -0.2) is 0 Å². The van der Waals surface area contributed by atoms with Crippen molar-refractivity contribution in [2.45, 2.75) is 9.79 Å². The fourth-order valence-corrected chi connectivity index (χ4v) is 6.74. The molecule has 0 fully saturated rings. The van der Waals surface area contributed by atoms with Crippen LogP contribution in [0.1, 0.15) is 15.9 Å². The van der Waals surface area contributed by atoms with Gasteiger partial charge in [-0.2, -0.15) is 0 Å². The third kappa shape index (κ3) is 3.49. The van der Waals surface area contributed by atoms with Gasteiger partial charge in [0, 0.05) is 32.2 Å². The second-order valence-electron chi connectivity index (χ2n) is 9.75. The second-order valence-corrected chi connectivity index (χ2v) is 10.8. The van der Waals surface area contributed by atoms with E-state index in [0.29, 0.717) is 0 Å². The van der Waals surface area contributed by atoms with E-state index in [2.05, 4.69) is 83.8 Å². The van der Waals surface area contributed by atoms with Crippen molar-refractivity contribution in [2.75, 3.05) is 4.90 Å². The average molecular weight is 520 g/mol. The van der Waals surface area contributed by atoms with Crippen LogP contribution in [0.15, 0.2) is 142 Å². The number of carbonyl (C=O) groups is 1. The Hall–Kier alpha value is -4.80. The SMILES string of the molecule is O=C1c2cc(-c3ccc4c(c3)Sc3ccccc3N4c3ccccc3)ccc2-c2ccc(-c3ccco3)cc21. The summed E-state index contributed by atoms with van der Waals surface area (Å²) in [5.74, 6) is 0.826. The van der Waals surface area contributed by atoms with E-state index in [9.17, 15) is 4.79 Å². The molecule has 0 unspecified atom stereocenters. The van der Waals surface area contributed by atoms with E-state index < -0.39 is 0 Å². The molecule has 1 aliphatic heterocycles. The lowest BCUT2D eigenvalue weighted by atomic mass is 9.98. The van der Waals surface area contributed by atoms with Gasteiger partial charge in [-0.15, -0.1) is 0 Å². The molecular formula is C35H21NO2S. The largest absolute Gasteiger partial charge is 0.464 e. The van der Waals surface area contributed by atoms with Crippen LogP contribution in [0.4, 0.5) is 17.1 Å². The molecule has 0 radical (unpaired) electrons. The first-order chi connectivity index (χ1) is 19.2. The molecule has 1 aliphatic carbocycles. The Morgan fingerprint density at radius 3 is 2.00 bits per heavy atom. The lowest BCUT2D eigenvalue weighted by Gasteiger charge is -2.33. The molecule has 184 valence electrons. The van der Waals surface area contributed by atoms with Crippen molar-refractivity contribution in [3.8, 4) is 33.6 Å². The lowest BCUT2D eigenvalue weighted by Crippen LogP contribution is -2.14. The van der Waals surface area contributed by atoms with Crippen molar-refractivity contribution in [2.24, 2.45) is 0 Å². The van der Waals surface area contributed by atoms with Crippen LogP contribution in [0.2, 0.25) is 0 Å². The fraction of sp³-hybridized carbons (Fsp3) is 0. The molecular weight excluding hydrogens is 498 g/mol. The fourth-order valence-electron chi connectivity index (χ4n) is 5.65. The van der Waals surface area contributed by atoms with Gasteiger partial charge in [-0.05, 0) is 82.9 Å². The molecule has 39 heavy (non-hydrogen) atoms. The summed E-state index contributed by atoms with van der Waals surface area (Å²) in [6.07, 6.45) is 1.65. The highest BCUT2D eigenvalue weighted by molar-refractivity contribution is 7.99. The van der Waals surface area contributed by atoms with Crippen molar-refractivity contribution in [3.63, 3.8) is 0 Å². The number of hydrogen-bond acceptors (Lipinski definition) is 4. The Balaban J connectivity index is 1.19. The van der Waals surface area contributed by atoms with Crippen LogP contribution < -0.4 is 4.90 Å². The summed E-state index contributed by atoms with van der Waals surface area (Å²) in [6, 6.07) is 41.6. The molecule has 0 amide bonds. The summed E-state index contributed by atoms with van der Waals surface area (Å²) < 4.78 is 5.56. The first kappa shape index (κ1) is 22.2.